The summed E-state index contributed by atoms with van der Waals surface area (Å²) in [5, 5.41) is 7.22. The highest BCUT2D eigenvalue weighted by atomic mass is 16.2. The molecular weight excluding hydrogens is 538 g/mol. The van der Waals surface area contributed by atoms with Gasteiger partial charge in [0, 0.05) is 59.8 Å². The molecule has 1 aliphatic rings. The van der Waals surface area contributed by atoms with Crippen LogP contribution < -0.4 is 10.6 Å². The number of benzene rings is 3. The molecule has 0 spiro atoms. The molecule has 1 aromatic heterocycles. The van der Waals surface area contributed by atoms with Crippen LogP contribution in [0, 0.1) is 5.92 Å². The molecule has 4 aromatic rings. The van der Waals surface area contributed by atoms with Crippen LogP contribution in [0.25, 0.3) is 10.9 Å². The van der Waals surface area contributed by atoms with E-state index in [0.717, 1.165) is 35.0 Å². The van der Waals surface area contributed by atoms with E-state index in [2.05, 4.69) is 26.6 Å². The lowest BCUT2D eigenvalue weighted by Gasteiger charge is -2.33. The fourth-order valence-electron chi connectivity index (χ4n) is 5.82. The van der Waals surface area contributed by atoms with E-state index in [1.54, 1.807) is 4.90 Å². The van der Waals surface area contributed by atoms with Crippen molar-refractivity contribution in [2.45, 2.75) is 38.1 Å². The Hall–Kier alpha value is -4.43. The van der Waals surface area contributed by atoms with Gasteiger partial charge in [-0.1, -0.05) is 55.5 Å². The zero-order valence-corrected chi connectivity index (χ0v) is 25.2. The maximum absolute atomic E-state index is 13.9. The highest BCUT2D eigenvalue weighted by molar-refractivity contribution is 5.99. The summed E-state index contributed by atoms with van der Waals surface area (Å²) < 4.78 is 0. The van der Waals surface area contributed by atoms with E-state index in [4.69, 9.17) is 0 Å². The highest BCUT2D eigenvalue weighted by Gasteiger charge is 2.34. The summed E-state index contributed by atoms with van der Waals surface area (Å²) in [6.45, 7) is 3.89. The molecule has 3 aromatic carbocycles. The van der Waals surface area contributed by atoms with Gasteiger partial charge < -0.3 is 25.4 Å². The van der Waals surface area contributed by atoms with E-state index < -0.39 is 6.04 Å². The predicted octanol–water partition coefficient (Wildman–Crippen LogP) is 5.05. The van der Waals surface area contributed by atoms with Gasteiger partial charge in [0.25, 0.3) is 5.91 Å². The third-order valence-electron chi connectivity index (χ3n) is 8.41. The number of likely N-dealkylation sites (N-methyl/N-ethyl adjacent to an activating group) is 1. The lowest BCUT2D eigenvalue weighted by molar-refractivity contribution is -0.130. The summed E-state index contributed by atoms with van der Waals surface area (Å²) in [5.41, 5.74) is 4.45. The van der Waals surface area contributed by atoms with Gasteiger partial charge in [0.05, 0.1) is 0 Å². The second-order valence-electron chi connectivity index (χ2n) is 11.7. The standard InChI is InChI=1S/C35H41N5O3/c1-24(30-23-36-31-15-8-7-14-29(30)31)32(34(42)37-28-13-9-10-25(22-28)16-19-39(2)3)38-33(41)26-17-20-40(21-18-26)35(43)27-11-5-4-6-12-27/h4-15,22-24,26,32,36H,16-21H2,1-3H3,(H,37,42)(H,38,41). The number of aromatic amines is 1. The smallest absolute Gasteiger partial charge is 0.253 e. The Kier molecular flexibility index (Phi) is 9.57. The van der Waals surface area contributed by atoms with Crippen LogP contribution in [0.15, 0.2) is 85.1 Å². The van der Waals surface area contributed by atoms with Gasteiger partial charge in [-0.2, -0.15) is 0 Å². The highest BCUT2D eigenvalue weighted by Crippen LogP contribution is 2.29. The Morgan fingerprint density at radius 2 is 1.67 bits per heavy atom. The molecular formula is C35H41N5O3. The number of amides is 3. The second-order valence-corrected chi connectivity index (χ2v) is 11.7. The van der Waals surface area contributed by atoms with Crippen LogP contribution in [0.4, 0.5) is 5.69 Å². The zero-order chi connectivity index (χ0) is 30.3. The first-order chi connectivity index (χ1) is 20.8. The van der Waals surface area contributed by atoms with E-state index in [0.29, 0.717) is 37.2 Å². The second kappa shape index (κ2) is 13.7. The maximum atomic E-state index is 13.9. The molecule has 0 radical (unpaired) electrons. The molecule has 2 atom stereocenters. The molecule has 5 rings (SSSR count). The molecule has 8 nitrogen and oxygen atoms in total. The predicted molar refractivity (Wildman–Crippen MR) is 171 cm³/mol. The molecule has 224 valence electrons. The molecule has 8 heteroatoms. The zero-order valence-electron chi connectivity index (χ0n) is 25.2. The van der Waals surface area contributed by atoms with Gasteiger partial charge in [-0.3, -0.25) is 14.4 Å². The number of anilines is 1. The fourth-order valence-corrected chi connectivity index (χ4v) is 5.82. The summed E-state index contributed by atoms with van der Waals surface area (Å²) in [4.78, 5) is 47.7. The van der Waals surface area contributed by atoms with Gasteiger partial charge in [0.2, 0.25) is 11.8 Å². The van der Waals surface area contributed by atoms with Crippen molar-refractivity contribution in [1.29, 1.82) is 0 Å². The minimum Gasteiger partial charge on any atom is -0.361 e. The number of nitrogens with zero attached hydrogens (tertiary/aromatic N) is 2. The molecule has 1 aliphatic heterocycles. The summed E-state index contributed by atoms with van der Waals surface area (Å²) in [7, 11) is 4.08. The number of carbonyl (C=O) groups excluding carboxylic acids is 3. The topological polar surface area (TPSA) is 97.5 Å². The van der Waals surface area contributed by atoms with Crippen LogP contribution in [0.2, 0.25) is 0 Å². The number of piperidine rings is 1. The SMILES string of the molecule is CC(c1c[nH]c2ccccc12)C(NC(=O)C1CCN(C(=O)c2ccccc2)CC1)C(=O)Nc1cccc(CCN(C)C)c1. The Morgan fingerprint density at radius 3 is 2.42 bits per heavy atom. The van der Waals surface area contributed by atoms with Crippen LogP contribution in [-0.4, -0.2) is 72.3 Å². The summed E-state index contributed by atoms with van der Waals surface area (Å²) in [5.74, 6) is -1.00. The third kappa shape index (κ3) is 7.32. The number of fused-ring (bicyclic) bond motifs is 1. The summed E-state index contributed by atoms with van der Waals surface area (Å²) in [6, 6.07) is 24.3. The van der Waals surface area contributed by atoms with Gasteiger partial charge in [0.15, 0.2) is 0 Å². The Morgan fingerprint density at radius 1 is 0.953 bits per heavy atom. The lowest BCUT2D eigenvalue weighted by atomic mass is 9.90. The molecule has 2 unspecified atom stereocenters. The molecule has 2 heterocycles. The molecule has 0 aliphatic carbocycles. The number of hydrogen-bond donors (Lipinski definition) is 3. The number of para-hydroxylation sites is 1. The largest absolute Gasteiger partial charge is 0.361 e. The van der Waals surface area contributed by atoms with Gasteiger partial charge in [-0.05, 0) is 74.8 Å². The molecule has 0 saturated carbocycles. The quantitative estimate of drug-likeness (QED) is 0.245. The van der Waals surface area contributed by atoms with Gasteiger partial charge in [0.1, 0.15) is 6.04 Å². The van der Waals surface area contributed by atoms with E-state index in [-0.39, 0.29) is 29.6 Å². The lowest BCUT2D eigenvalue weighted by Crippen LogP contribution is -2.50. The number of nitrogens with one attached hydrogen (secondary N) is 3. The van der Waals surface area contributed by atoms with E-state index in [1.165, 1.54) is 0 Å². The van der Waals surface area contributed by atoms with Crippen molar-refractivity contribution in [3.8, 4) is 0 Å². The number of aromatic nitrogens is 1. The van der Waals surface area contributed by atoms with E-state index >= 15 is 0 Å². The summed E-state index contributed by atoms with van der Waals surface area (Å²) >= 11 is 0. The molecule has 3 N–H and O–H groups in total. The Labute approximate surface area is 253 Å². The van der Waals surface area contributed by atoms with E-state index in [9.17, 15) is 14.4 Å². The van der Waals surface area contributed by atoms with Crippen molar-refractivity contribution in [2.24, 2.45) is 5.92 Å². The minimum atomic E-state index is -0.791. The maximum Gasteiger partial charge on any atom is 0.253 e. The van der Waals surface area contributed by atoms with Crippen molar-refractivity contribution in [3.63, 3.8) is 0 Å². The third-order valence-corrected chi connectivity index (χ3v) is 8.41. The van der Waals surface area contributed by atoms with Crippen molar-refractivity contribution in [2.75, 3.05) is 39.0 Å². The first-order valence-corrected chi connectivity index (χ1v) is 15.1. The number of H-pyrrole nitrogens is 1. The van der Waals surface area contributed by atoms with Crippen LogP contribution in [0.3, 0.4) is 0 Å². The number of carbonyl (C=O) groups is 3. The van der Waals surface area contributed by atoms with Gasteiger partial charge >= 0.3 is 0 Å². The van der Waals surface area contributed by atoms with Crippen LogP contribution in [0.5, 0.6) is 0 Å². The van der Waals surface area contributed by atoms with E-state index in [1.807, 2.05) is 100 Å². The van der Waals surface area contributed by atoms with Gasteiger partial charge in [-0.15, -0.1) is 0 Å². The van der Waals surface area contributed by atoms with Crippen LogP contribution in [-0.2, 0) is 16.0 Å². The fraction of sp³-hybridized carbons (Fsp3) is 0.343. The Balaban J connectivity index is 1.31. The number of likely N-dealkylation sites (tertiary alicyclic amines) is 1. The molecule has 0 bridgehead atoms. The van der Waals surface area contributed by atoms with Crippen molar-refractivity contribution in [3.05, 3.63) is 102 Å². The van der Waals surface area contributed by atoms with Gasteiger partial charge in [-0.25, -0.2) is 0 Å². The van der Waals surface area contributed by atoms with Crippen molar-refractivity contribution >= 4 is 34.3 Å². The van der Waals surface area contributed by atoms with Crippen LogP contribution in [0.1, 0.15) is 47.2 Å². The van der Waals surface area contributed by atoms with Crippen LogP contribution >= 0.6 is 0 Å². The average molecular weight is 580 g/mol. The summed E-state index contributed by atoms with van der Waals surface area (Å²) in [6.07, 6.45) is 3.90. The van der Waals surface area contributed by atoms with Crippen molar-refractivity contribution in [1.82, 2.24) is 20.1 Å². The first kappa shape index (κ1) is 30.0. The normalized spacial score (nSPS) is 15.3. The number of rotatable bonds is 10. The molecule has 3 amide bonds. The minimum absolute atomic E-state index is 0.0162. The average Bonchev–Trinajstić information content (AvgIpc) is 3.47. The Bertz CT molecular complexity index is 1560. The van der Waals surface area contributed by atoms with Crippen molar-refractivity contribution < 1.29 is 14.4 Å². The molecule has 1 fully saturated rings. The first-order valence-electron chi connectivity index (χ1n) is 15.1. The molecule has 1 saturated heterocycles. The molecule has 43 heavy (non-hydrogen) atoms. The monoisotopic (exact) mass is 579 g/mol. The number of hydrogen-bond acceptors (Lipinski definition) is 4.